The molecule has 0 aliphatic carbocycles. The Labute approximate surface area is 61.7 Å². The highest BCUT2D eigenvalue weighted by Crippen LogP contribution is 2.09. The van der Waals surface area contributed by atoms with E-state index in [4.69, 9.17) is 5.73 Å². The fourth-order valence-corrected chi connectivity index (χ4v) is 1.29. The van der Waals surface area contributed by atoms with E-state index < -0.39 is 0 Å². The Morgan fingerprint density at radius 2 is 2.33 bits per heavy atom. The molecule has 0 aromatic rings. The molecule has 2 heteroatoms. The molecule has 9 heavy (non-hydrogen) atoms. The van der Waals surface area contributed by atoms with Gasteiger partial charge >= 0.3 is 0 Å². The molecule has 54 valence electrons. The second kappa shape index (κ2) is 6.17. The molecule has 0 aromatic heterocycles. The summed E-state index contributed by atoms with van der Waals surface area (Å²) in [5.41, 5.74) is 6.85. The van der Waals surface area contributed by atoms with Gasteiger partial charge in [-0.05, 0) is 31.1 Å². The second-order valence-corrected chi connectivity index (χ2v) is 2.61. The largest absolute Gasteiger partial charge is 0.330 e. The zero-order chi connectivity index (χ0) is 7.11. The Morgan fingerprint density at radius 3 is 2.67 bits per heavy atom. The highest BCUT2D eigenvalue weighted by molar-refractivity contribution is 8.01. The molecule has 0 unspecified atom stereocenters. The minimum Gasteiger partial charge on any atom is -0.330 e. The van der Waals surface area contributed by atoms with Crippen LogP contribution in [0, 0.1) is 0 Å². The smallest absolute Gasteiger partial charge is 0.00396 e. The fraction of sp³-hybridized carbons (Fsp3) is 0.714. The van der Waals surface area contributed by atoms with E-state index in [0.717, 1.165) is 19.4 Å². The predicted molar refractivity (Wildman–Crippen MR) is 45.6 cm³/mol. The van der Waals surface area contributed by atoms with Crippen molar-refractivity contribution in [2.45, 2.75) is 19.8 Å². The lowest BCUT2D eigenvalue weighted by atomic mass is 10.2. The summed E-state index contributed by atoms with van der Waals surface area (Å²) in [6.07, 6.45) is 4.27. The summed E-state index contributed by atoms with van der Waals surface area (Å²) in [7, 11) is 0. The van der Waals surface area contributed by atoms with E-state index in [9.17, 15) is 0 Å². The Bertz CT molecular complexity index is 88.9. The van der Waals surface area contributed by atoms with Gasteiger partial charge in [-0.1, -0.05) is 12.5 Å². The first-order valence-electron chi connectivity index (χ1n) is 3.26. The van der Waals surface area contributed by atoms with Gasteiger partial charge in [-0.15, -0.1) is 11.8 Å². The van der Waals surface area contributed by atoms with Crippen LogP contribution in [0.3, 0.4) is 0 Å². The second-order valence-electron chi connectivity index (χ2n) is 1.90. The molecular weight excluding hydrogens is 130 g/mol. The molecule has 0 aliphatic heterocycles. The van der Waals surface area contributed by atoms with Gasteiger partial charge in [-0.3, -0.25) is 0 Å². The van der Waals surface area contributed by atoms with Crippen LogP contribution in [0.15, 0.2) is 11.0 Å². The van der Waals surface area contributed by atoms with Crippen LogP contribution in [0.25, 0.3) is 0 Å². The third-order valence-electron chi connectivity index (χ3n) is 1.20. The standard InChI is InChI=1S/C7H15NS/c1-3-7(4-5-8)6-9-2/h6H,3-5,8H2,1-2H3/b7-6+. The highest BCUT2D eigenvalue weighted by atomic mass is 32.2. The Balaban J connectivity index is 3.53. The molecule has 1 nitrogen and oxygen atoms in total. The topological polar surface area (TPSA) is 26.0 Å². The van der Waals surface area contributed by atoms with Crippen LogP contribution >= 0.6 is 11.8 Å². The molecule has 0 amide bonds. The van der Waals surface area contributed by atoms with Crippen LogP contribution in [-0.4, -0.2) is 12.8 Å². The molecule has 0 aromatic carbocycles. The van der Waals surface area contributed by atoms with Crippen molar-refractivity contribution in [2.75, 3.05) is 12.8 Å². The van der Waals surface area contributed by atoms with Crippen molar-refractivity contribution in [3.63, 3.8) is 0 Å². The number of thioether (sulfide) groups is 1. The van der Waals surface area contributed by atoms with Crippen LogP contribution in [0.4, 0.5) is 0 Å². The van der Waals surface area contributed by atoms with Gasteiger partial charge in [-0.25, -0.2) is 0 Å². The van der Waals surface area contributed by atoms with Crippen LogP contribution in [0.1, 0.15) is 19.8 Å². The van der Waals surface area contributed by atoms with Gasteiger partial charge in [0.1, 0.15) is 0 Å². The molecule has 0 spiro atoms. The van der Waals surface area contributed by atoms with Crippen molar-refractivity contribution < 1.29 is 0 Å². The van der Waals surface area contributed by atoms with Crippen LogP contribution in [-0.2, 0) is 0 Å². The van der Waals surface area contributed by atoms with E-state index >= 15 is 0 Å². The quantitative estimate of drug-likeness (QED) is 0.654. The molecular formula is C7H15NS. The molecule has 0 saturated carbocycles. The number of rotatable bonds is 4. The van der Waals surface area contributed by atoms with Gasteiger partial charge in [0.05, 0.1) is 0 Å². The number of nitrogens with two attached hydrogens (primary N) is 1. The van der Waals surface area contributed by atoms with E-state index in [1.54, 1.807) is 11.8 Å². The van der Waals surface area contributed by atoms with Crippen molar-refractivity contribution in [3.8, 4) is 0 Å². The zero-order valence-corrected chi connectivity index (χ0v) is 7.00. The molecule has 0 bridgehead atoms. The molecule has 0 aliphatic rings. The number of hydrogen-bond donors (Lipinski definition) is 1. The maximum atomic E-state index is 5.39. The molecule has 0 rings (SSSR count). The van der Waals surface area contributed by atoms with Gasteiger partial charge in [0.15, 0.2) is 0 Å². The monoisotopic (exact) mass is 145 g/mol. The first-order valence-corrected chi connectivity index (χ1v) is 4.54. The normalized spacial score (nSPS) is 12.1. The maximum Gasteiger partial charge on any atom is -0.00396 e. The summed E-state index contributed by atoms with van der Waals surface area (Å²) in [5.74, 6) is 0. The molecule has 2 N–H and O–H groups in total. The van der Waals surface area contributed by atoms with E-state index in [1.165, 1.54) is 5.57 Å². The van der Waals surface area contributed by atoms with Crippen LogP contribution < -0.4 is 5.73 Å². The molecule has 0 saturated heterocycles. The lowest BCUT2D eigenvalue weighted by Gasteiger charge is -1.98. The molecule has 0 radical (unpaired) electrons. The van der Waals surface area contributed by atoms with Crippen molar-refractivity contribution >= 4 is 11.8 Å². The van der Waals surface area contributed by atoms with Crippen LogP contribution in [0.5, 0.6) is 0 Å². The average Bonchev–Trinajstić information content (AvgIpc) is 1.88. The Morgan fingerprint density at radius 1 is 1.67 bits per heavy atom. The summed E-state index contributed by atoms with van der Waals surface area (Å²) < 4.78 is 0. The number of hydrogen-bond acceptors (Lipinski definition) is 2. The third kappa shape index (κ3) is 4.55. The fourth-order valence-electron chi connectivity index (χ4n) is 0.671. The Kier molecular flexibility index (Phi) is 6.21. The minimum absolute atomic E-state index is 0.778. The van der Waals surface area contributed by atoms with Gasteiger partial charge in [0.2, 0.25) is 0 Å². The SMILES string of the molecule is CC/C(=C\SC)CCN. The lowest BCUT2D eigenvalue weighted by Crippen LogP contribution is -1.99. The lowest BCUT2D eigenvalue weighted by molar-refractivity contribution is 0.898. The summed E-state index contributed by atoms with van der Waals surface area (Å²) in [6.45, 7) is 2.94. The third-order valence-corrected chi connectivity index (χ3v) is 1.77. The molecule has 0 atom stereocenters. The molecule has 0 heterocycles. The summed E-state index contributed by atoms with van der Waals surface area (Å²) in [4.78, 5) is 0. The molecule has 0 fully saturated rings. The maximum absolute atomic E-state index is 5.39. The summed E-state index contributed by atoms with van der Waals surface area (Å²) >= 11 is 1.76. The zero-order valence-electron chi connectivity index (χ0n) is 6.18. The summed E-state index contributed by atoms with van der Waals surface area (Å²) in [5, 5.41) is 2.19. The Hall–Kier alpha value is 0.0500. The summed E-state index contributed by atoms with van der Waals surface area (Å²) in [6, 6.07) is 0. The van der Waals surface area contributed by atoms with Gasteiger partial charge in [0.25, 0.3) is 0 Å². The van der Waals surface area contributed by atoms with E-state index in [-0.39, 0.29) is 0 Å². The van der Waals surface area contributed by atoms with E-state index in [0.29, 0.717) is 0 Å². The van der Waals surface area contributed by atoms with E-state index in [2.05, 4.69) is 18.6 Å². The van der Waals surface area contributed by atoms with Crippen molar-refractivity contribution in [3.05, 3.63) is 11.0 Å². The first kappa shape index (κ1) is 9.05. The minimum atomic E-state index is 0.778. The van der Waals surface area contributed by atoms with Crippen molar-refractivity contribution in [2.24, 2.45) is 5.73 Å². The van der Waals surface area contributed by atoms with Gasteiger partial charge in [0, 0.05) is 0 Å². The van der Waals surface area contributed by atoms with Crippen molar-refractivity contribution in [1.29, 1.82) is 0 Å². The van der Waals surface area contributed by atoms with Gasteiger partial charge < -0.3 is 5.73 Å². The van der Waals surface area contributed by atoms with E-state index in [1.807, 2.05) is 0 Å². The van der Waals surface area contributed by atoms with Gasteiger partial charge in [-0.2, -0.15) is 0 Å². The predicted octanol–water partition coefficient (Wildman–Crippen LogP) is 1.99. The van der Waals surface area contributed by atoms with Crippen molar-refractivity contribution in [1.82, 2.24) is 0 Å². The van der Waals surface area contributed by atoms with Crippen LogP contribution in [0.2, 0.25) is 0 Å². The average molecular weight is 145 g/mol. The first-order chi connectivity index (χ1) is 4.35. The highest BCUT2D eigenvalue weighted by Gasteiger charge is 1.89.